The molecule has 3 heterocycles. The molecule has 0 atom stereocenters. The van der Waals surface area contributed by atoms with Crippen LogP contribution in [0.3, 0.4) is 0 Å². The van der Waals surface area contributed by atoms with E-state index in [0.717, 1.165) is 43.4 Å². The standard InChI is InChI=1S/C14H14ClFN2O/c15-13-9(16)7-11-14-12(13)8-1-3-17-4-2-10(8)18(14)5-6-19-11/h7,17H,1-6H2. The lowest BCUT2D eigenvalue weighted by Gasteiger charge is -2.19. The van der Waals surface area contributed by atoms with Crippen molar-refractivity contribution >= 4 is 22.5 Å². The number of benzene rings is 1. The lowest BCUT2D eigenvalue weighted by atomic mass is 10.1. The maximum absolute atomic E-state index is 14.0. The van der Waals surface area contributed by atoms with Crippen LogP contribution in [0.4, 0.5) is 4.39 Å². The number of aromatic nitrogens is 1. The molecule has 2 aromatic rings. The van der Waals surface area contributed by atoms with E-state index in [1.165, 1.54) is 17.3 Å². The van der Waals surface area contributed by atoms with Gasteiger partial charge in [0.25, 0.3) is 0 Å². The fraction of sp³-hybridized carbons (Fsp3) is 0.429. The molecular weight excluding hydrogens is 267 g/mol. The highest BCUT2D eigenvalue weighted by Crippen LogP contribution is 2.41. The van der Waals surface area contributed by atoms with E-state index < -0.39 is 0 Å². The minimum atomic E-state index is -0.386. The Bertz CT molecular complexity index is 680. The van der Waals surface area contributed by atoms with Gasteiger partial charge < -0.3 is 14.6 Å². The molecule has 0 amide bonds. The SMILES string of the molecule is Fc1cc2c3c(c1Cl)c1c(n3CCO2)CCNCC1. The molecule has 0 spiro atoms. The quantitative estimate of drug-likeness (QED) is 0.802. The molecule has 3 nitrogen and oxygen atoms in total. The van der Waals surface area contributed by atoms with Gasteiger partial charge in [0.15, 0.2) is 0 Å². The molecule has 4 rings (SSSR count). The number of rotatable bonds is 0. The molecule has 0 saturated carbocycles. The molecule has 0 bridgehead atoms. The molecule has 1 N–H and O–H groups in total. The summed E-state index contributed by atoms with van der Waals surface area (Å²) in [5.41, 5.74) is 3.46. The topological polar surface area (TPSA) is 26.2 Å². The summed E-state index contributed by atoms with van der Waals surface area (Å²) < 4.78 is 21.8. The van der Waals surface area contributed by atoms with Gasteiger partial charge in [-0.25, -0.2) is 4.39 Å². The second kappa shape index (κ2) is 4.12. The second-order valence-corrected chi connectivity index (χ2v) is 5.45. The Labute approximate surface area is 115 Å². The van der Waals surface area contributed by atoms with Gasteiger partial charge >= 0.3 is 0 Å². The normalized spacial score (nSPS) is 18.0. The van der Waals surface area contributed by atoms with Crippen LogP contribution in [0, 0.1) is 5.82 Å². The van der Waals surface area contributed by atoms with Gasteiger partial charge in [-0.2, -0.15) is 0 Å². The van der Waals surface area contributed by atoms with Crippen LogP contribution in [-0.4, -0.2) is 24.3 Å². The fourth-order valence-corrected chi connectivity index (χ4v) is 3.54. The summed E-state index contributed by atoms with van der Waals surface area (Å²) in [4.78, 5) is 0. The van der Waals surface area contributed by atoms with Crippen LogP contribution in [0.1, 0.15) is 11.3 Å². The predicted molar refractivity (Wildman–Crippen MR) is 72.7 cm³/mol. The average Bonchev–Trinajstić information content (AvgIpc) is 2.59. The Morgan fingerprint density at radius 1 is 1.32 bits per heavy atom. The number of ether oxygens (including phenoxy) is 1. The molecule has 2 aliphatic heterocycles. The molecule has 0 radical (unpaired) electrons. The third-order valence-electron chi connectivity index (χ3n) is 4.07. The van der Waals surface area contributed by atoms with Gasteiger partial charge in [0, 0.05) is 30.1 Å². The number of halogens is 2. The lowest BCUT2D eigenvalue weighted by molar-refractivity contribution is 0.283. The Morgan fingerprint density at radius 3 is 3.05 bits per heavy atom. The van der Waals surface area contributed by atoms with Crippen LogP contribution in [0.25, 0.3) is 10.9 Å². The zero-order valence-corrected chi connectivity index (χ0v) is 11.2. The third-order valence-corrected chi connectivity index (χ3v) is 4.44. The molecule has 5 heteroatoms. The third kappa shape index (κ3) is 1.53. The summed E-state index contributed by atoms with van der Waals surface area (Å²) in [6.07, 6.45) is 1.85. The molecule has 19 heavy (non-hydrogen) atoms. The fourth-order valence-electron chi connectivity index (χ4n) is 3.28. The molecule has 0 unspecified atom stereocenters. The molecule has 0 fully saturated rings. The van der Waals surface area contributed by atoms with Crippen molar-refractivity contribution < 1.29 is 9.13 Å². The summed E-state index contributed by atoms with van der Waals surface area (Å²) in [5.74, 6) is 0.243. The summed E-state index contributed by atoms with van der Waals surface area (Å²) in [6.45, 7) is 3.28. The van der Waals surface area contributed by atoms with E-state index in [9.17, 15) is 4.39 Å². The van der Waals surface area contributed by atoms with E-state index in [4.69, 9.17) is 16.3 Å². The van der Waals surface area contributed by atoms with Crippen molar-refractivity contribution in [3.8, 4) is 5.75 Å². The van der Waals surface area contributed by atoms with Crippen molar-refractivity contribution in [2.75, 3.05) is 19.7 Å². The predicted octanol–water partition coefficient (Wildman–Crippen LogP) is 2.51. The van der Waals surface area contributed by atoms with Crippen molar-refractivity contribution in [1.82, 2.24) is 9.88 Å². The second-order valence-electron chi connectivity index (χ2n) is 5.07. The summed E-state index contributed by atoms with van der Waals surface area (Å²) in [5, 5.41) is 4.48. The molecule has 2 aliphatic rings. The van der Waals surface area contributed by atoms with E-state index in [1.807, 2.05) is 0 Å². The first-order chi connectivity index (χ1) is 9.27. The highest BCUT2D eigenvalue weighted by molar-refractivity contribution is 6.36. The maximum Gasteiger partial charge on any atom is 0.146 e. The number of fused-ring (bicyclic) bond motifs is 3. The van der Waals surface area contributed by atoms with E-state index in [1.54, 1.807) is 0 Å². The summed E-state index contributed by atoms with van der Waals surface area (Å²) in [6, 6.07) is 1.41. The van der Waals surface area contributed by atoms with Gasteiger partial charge in [-0.3, -0.25) is 0 Å². The number of hydrogen-bond acceptors (Lipinski definition) is 2. The smallest absolute Gasteiger partial charge is 0.146 e. The summed E-state index contributed by atoms with van der Waals surface area (Å²) in [7, 11) is 0. The zero-order chi connectivity index (χ0) is 13.0. The average molecular weight is 281 g/mol. The zero-order valence-electron chi connectivity index (χ0n) is 10.4. The highest BCUT2D eigenvalue weighted by atomic mass is 35.5. The van der Waals surface area contributed by atoms with Gasteiger partial charge in [-0.05, 0) is 18.5 Å². The minimum Gasteiger partial charge on any atom is -0.489 e. The molecule has 1 aromatic carbocycles. The minimum absolute atomic E-state index is 0.237. The molecule has 0 saturated heterocycles. The van der Waals surface area contributed by atoms with Crippen LogP contribution < -0.4 is 10.1 Å². The Morgan fingerprint density at radius 2 is 2.16 bits per heavy atom. The van der Waals surface area contributed by atoms with Gasteiger partial charge in [0.2, 0.25) is 0 Å². The molecule has 1 aromatic heterocycles. The lowest BCUT2D eigenvalue weighted by Crippen LogP contribution is -2.19. The van der Waals surface area contributed by atoms with Crippen molar-refractivity contribution in [2.24, 2.45) is 0 Å². The van der Waals surface area contributed by atoms with E-state index in [-0.39, 0.29) is 10.8 Å². The van der Waals surface area contributed by atoms with Gasteiger partial charge in [0.05, 0.1) is 17.1 Å². The van der Waals surface area contributed by atoms with E-state index in [0.29, 0.717) is 12.4 Å². The number of nitrogens with zero attached hydrogens (tertiary/aromatic N) is 1. The van der Waals surface area contributed by atoms with Crippen molar-refractivity contribution in [2.45, 2.75) is 19.4 Å². The number of nitrogens with one attached hydrogen (secondary N) is 1. The first-order valence-corrected chi connectivity index (χ1v) is 7.00. The summed E-state index contributed by atoms with van der Waals surface area (Å²) >= 11 is 6.22. The van der Waals surface area contributed by atoms with Gasteiger partial charge in [-0.1, -0.05) is 11.6 Å². The van der Waals surface area contributed by atoms with Crippen molar-refractivity contribution in [3.05, 3.63) is 28.2 Å². The number of hydrogen-bond donors (Lipinski definition) is 1. The highest BCUT2D eigenvalue weighted by Gasteiger charge is 2.27. The molecule has 100 valence electrons. The Kier molecular flexibility index (Phi) is 2.50. The Balaban J connectivity index is 2.15. The van der Waals surface area contributed by atoms with E-state index in [2.05, 4.69) is 9.88 Å². The van der Waals surface area contributed by atoms with Crippen LogP contribution in [0.5, 0.6) is 5.75 Å². The van der Waals surface area contributed by atoms with Crippen LogP contribution >= 0.6 is 11.6 Å². The molecular formula is C14H14ClFN2O. The molecule has 0 aliphatic carbocycles. The van der Waals surface area contributed by atoms with Crippen LogP contribution in [0.2, 0.25) is 5.02 Å². The van der Waals surface area contributed by atoms with Crippen molar-refractivity contribution in [3.63, 3.8) is 0 Å². The Hall–Kier alpha value is -1.26. The monoisotopic (exact) mass is 280 g/mol. The maximum atomic E-state index is 14.0. The van der Waals surface area contributed by atoms with Crippen LogP contribution in [-0.2, 0) is 19.4 Å². The van der Waals surface area contributed by atoms with Crippen LogP contribution in [0.15, 0.2) is 6.07 Å². The first-order valence-electron chi connectivity index (χ1n) is 6.63. The van der Waals surface area contributed by atoms with Crippen molar-refractivity contribution in [1.29, 1.82) is 0 Å². The van der Waals surface area contributed by atoms with E-state index >= 15 is 0 Å². The van der Waals surface area contributed by atoms with Gasteiger partial charge in [-0.15, -0.1) is 0 Å². The largest absolute Gasteiger partial charge is 0.489 e. The first kappa shape index (κ1) is 11.6. The van der Waals surface area contributed by atoms with Gasteiger partial charge in [0.1, 0.15) is 18.2 Å².